The van der Waals surface area contributed by atoms with Crippen molar-refractivity contribution in [3.63, 3.8) is 0 Å². The van der Waals surface area contributed by atoms with Crippen LogP contribution in [-0.4, -0.2) is 30.1 Å². The Labute approximate surface area is 133 Å². The summed E-state index contributed by atoms with van der Waals surface area (Å²) in [6, 6.07) is 9.08. The van der Waals surface area contributed by atoms with Gasteiger partial charge < -0.3 is 19.8 Å². The van der Waals surface area contributed by atoms with Crippen molar-refractivity contribution in [3.8, 4) is 11.5 Å². The minimum atomic E-state index is -0.260. The van der Waals surface area contributed by atoms with Gasteiger partial charge in [-0.05, 0) is 30.7 Å². The van der Waals surface area contributed by atoms with Gasteiger partial charge in [-0.1, -0.05) is 6.07 Å². The van der Waals surface area contributed by atoms with Crippen molar-refractivity contribution < 1.29 is 14.3 Å². The number of rotatable bonds is 4. The van der Waals surface area contributed by atoms with Gasteiger partial charge in [0.25, 0.3) is 5.91 Å². The van der Waals surface area contributed by atoms with Crippen LogP contribution in [0.5, 0.6) is 11.5 Å². The zero-order chi connectivity index (χ0) is 16.4. The first-order chi connectivity index (χ1) is 11.1. The third-order valence-corrected chi connectivity index (χ3v) is 3.61. The maximum atomic E-state index is 12.4. The van der Waals surface area contributed by atoms with Crippen molar-refractivity contribution >= 4 is 22.6 Å². The van der Waals surface area contributed by atoms with E-state index in [1.165, 1.54) is 0 Å². The quantitative estimate of drug-likeness (QED) is 0.776. The molecule has 0 aliphatic carbocycles. The second-order valence-electron chi connectivity index (χ2n) is 5.10. The van der Waals surface area contributed by atoms with E-state index < -0.39 is 0 Å². The Bertz CT molecular complexity index is 871. The summed E-state index contributed by atoms with van der Waals surface area (Å²) in [4.78, 5) is 19.7. The minimum absolute atomic E-state index is 0.260. The Morgan fingerprint density at radius 3 is 2.74 bits per heavy atom. The molecule has 3 aromatic rings. The summed E-state index contributed by atoms with van der Waals surface area (Å²) in [7, 11) is 3.16. The molecule has 1 amide bonds. The number of amides is 1. The van der Waals surface area contributed by atoms with Crippen LogP contribution < -0.4 is 14.8 Å². The van der Waals surface area contributed by atoms with Gasteiger partial charge >= 0.3 is 0 Å². The van der Waals surface area contributed by atoms with Gasteiger partial charge in [-0.15, -0.1) is 0 Å². The maximum Gasteiger partial charge on any atom is 0.273 e. The molecule has 6 nitrogen and oxygen atoms in total. The molecule has 23 heavy (non-hydrogen) atoms. The predicted molar refractivity (Wildman–Crippen MR) is 88.3 cm³/mol. The molecule has 0 saturated heterocycles. The van der Waals surface area contributed by atoms with Crippen molar-refractivity contribution in [3.05, 3.63) is 47.8 Å². The first-order valence-corrected chi connectivity index (χ1v) is 7.10. The highest BCUT2D eigenvalue weighted by Crippen LogP contribution is 2.31. The highest BCUT2D eigenvalue weighted by Gasteiger charge is 2.14. The third-order valence-electron chi connectivity index (χ3n) is 3.61. The normalized spacial score (nSPS) is 10.6. The second kappa shape index (κ2) is 6.00. The van der Waals surface area contributed by atoms with Gasteiger partial charge in [0.05, 0.1) is 19.7 Å². The Balaban J connectivity index is 1.97. The number of methoxy groups -OCH3 is 2. The van der Waals surface area contributed by atoms with Gasteiger partial charge in [0.1, 0.15) is 23.0 Å². The lowest BCUT2D eigenvalue weighted by atomic mass is 10.2. The number of ether oxygens (including phenoxy) is 2. The number of carbonyl (C=O) groups is 1. The highest BCUT2D eigenvalue weighted by molar-refractivity contribution is 6.06. The zero-order valence-electron chi connectivity index (χ0n) is 13.1. The van der Waals surface area contributed by atoms with Gasteiger partial charge in [-0.2, -0.15) is 0 Å². The lowest BCUT2D eigenvalue weighted by molar-refractivity contribution is 0.102. The van der Waals surface area contributed by atoms with E-state index >= 15 is 0 Å². The first kappa shape index (κ1) is 14.9. The van der Waals surface area contributed by atoms with Crippen LogP contribution in [0.1, 0.15) is 16.1 Å². The molecule has 0 saturated carbocycles. The number of nitrogens with zero attached hydrogens (tertiary/aromatic N) is 1. The standard InChI is InChI=1S/C17H17N3O3/c1-10-5-4-6-18-16(10)20-17(21)13-8-11-7-12(22-2)9-14(23-3)15(11)19-13/h4-9,19H,1-3H3,(H,18,20,21). The molecule has 0 spiro atoms. The van der Waals surface area contributed by atoms with Gasteiger partial charge in [-0.3, -0.25) is 4.79 Å². The Morgan fingerprint density at radius 2 is 2.04 bits per heavy atom. The predicted octanol–water partition coefficient (Wildman–Crippen LogP) is 3.14. The average molecular weight is 311 g/mol. The summed E-state index contributed by atoms with van der Waals surface area (Å²) >= 11 is 0. The smallest absolute Gasteiger partial charge is 0.273 e. The Kier molecular flexibility index (Phi) is 3.89. The molecule has 0 atom stereocenters. The number of H-pyrrole nitrogens is 1. The molecular weight excluding hydrogens is 294 g/mol. The Hall–Kier alpha value is -3.02. The number of benzene rings is 1. The van der Waals surface area contributed by atoms with Crippen LogP contribution >= 0.6 is 0 Å². The van der Waals surface area contributed by atoms with E-state index in [-0.39, 0.29) is 5.91 Å². The zero-order valence-corrected chi connectivity index (χ0v) is 13.1. The molecule has 2 heterocycles. The van der Waals surface area contributed by atoms with Gasteiger partial charge in [0.2, 0.25) is 0 Å². The summed E-state index contributed by atoms with van der Waals surface area (Å²) in [6.07, 6.45) is 1.64. The monoisotopic (exact) mass is 311 g/mol. The lowest BCUT2D eigenvalue weighted by Crippen LogP contribution is -2.14. The largest absolute Gasteiger partial charge is 0.497 e. The molecule has 0 unspecified atom stereocenters. The maximum absolute atomic E-state index is 12.4. The number of hydrogen-bond donors (Lipinski definition) is 2. The van der Waals surface area contributed by atoms with Gasteiger partial charge in [0.15, 0.2) is 0 Å². The van der Waals surface area contributed by atoms with E-state index in [4.69, 9.17) is 9.47 Å². The molecule has 0 aliphatic heterocycles. The van der Waals surface area contributed by atoms with E-state index in [0.29, 0.717) is 23.0 Å². The van der Waals surface area contributed by atoms with Crippen LogP contribution in [0, 0.1) is 6.92 Å². The summed E-state index contributed by atoms with van der Waals surface area (Å²) in [5.74, 6) is 1.57. The number of nitrogens with one attached hydrogen (secondary N) is 2. The number of fused-ring (bicyclic) bond motifs is 1. The number of aromatic nitrogens is 2. The fourth-order valence-electron chi connectivity index (χ4n) is 2.38. The van der Waals surface area contributed by atoms with Crippen LogP contribution in [0.2, 0.25) is 0 Å². The Morgan fingerprint density at radius 1 is 1.22 bits per heavy atom. The van der Waals surface area contributed by atoms with Crippen LogP contribution in [0.4, 0.5) is 5.82 Å². The summed E-state index contributed by atoms with van der Waals surface area (Å²) in [6.45, 7) is 1.89. The van der Waals surface area contributed by atoms with Crippen molar-refractivity contribution in [1.82, 2.24) is 9.97 Å². The van der Waals surface area contributed by atoms with Crippen LogP contribution in [0.3, 0.4) is 0 Å². The molecule has 3 rings (SSSR count). The van der Waals surface area contributed by atoms with E-state index in [1.54, 1.807) is 32.5 Å². The molecule has 0 aliphatic rings. The summed E-state index contributed by atoms with van der Waals surface area (Å²) in [5.41, 5.74) is 2.07. The van der Waals surface area contributed by atoms with Crippen LogP contribution in [0.15, 0.2) is 36.5 Å². The van der Waals surface area contributed by atoms with Gasteiger partial charge in [-0.25, -0.2) is 4.98 Å². The van der Waals surface area contributed by atoms with E-state index in [2.05, 4.69) is 15.3 Å². The van der Waals surface area contributed by atoms with Crippen LogP contribution in [-0.2, 0) is 0 Å². The summed E-state index contributed by atoms with van der Waals surface area (Å²) < 4.78 is 10.6. The lowest BCUT2D eigenvalue weighted by Gasteiger charge is -2.05. The molecule has 2 aromatic heterocycles. The molecule has 118 valence electrons. The topological polar surface area (TPSA) is 76.2 Å². The number of hydrogen-bond acceptors (Lipinski definition) is 4. The van der Waals surface area contributed by atoms with Crippen molar-refractivity contribution in [2.75, 3.05) is 19.5 Å². The van der Waals surface area contributed by atoms with Gasteiger partial charge in [0, 0.05) is 17.6 Å². The third kappa shape index (κ3) is 2.83. The van der Waals surface area contributed by atoms with Crippen molar-refractivity contribution in [1.29, 1.82) is 0 Å². The molecule has 2 N–H and O–H groups in total. The van der Waals surface area contributed by atoms with Crippen molar-refractivity contribution in [2.24, 2.45) is 0 Å². The van der Waals surface area contributed by atoms with E-state index in [0.717, 1.165) is 16.5 Å². The number of carbonyl (C=O) groups excluding carboxylic acids is 1. The highest BCUT2D eigenvalue weighted by atomic mass is 16.5. The molecule has 1 aromatic carbocycles. The molecule has 0 fully saturated rings. The minimum Gasteiger partial charge on any atom is -0.497 e. The fraction of sp³-hybridized carbons (Fsp3) is 0.176. The first-order valence-electron chi connectivity index (χ1n) is 7.10. The van der Waals surface area contributed by atoms with Crippen molar-refractivity contribution in [2.45, 2.75) is 6.92 Å². The number of aryl methyl sites for hydroxylation is 1. The number of pyridine rings is 1. The van der Waals surface area contributed by atoms with E-state index in [1.807, 2.05) is 25.1 Å². The molecule has 6 heteroatoms. The number of anilines is 1. The SMILES string of the molecule is COc1cc(OC)c2[nH]c(C(=O)Nc3ncccc3C)cc2c1. The molecular formula is C17H17N3O3. The fourth-order valence-corrected chi connectivity index (χ4v) is 2.38. The molecule has 0 bridgehead atoms. The van der Waals surface area contributed by atoms with E-state index in [9.17, 15) is 4.79 Å². The summed E-state index contributed by atoms with van der Waals surface area (Å²) in [5, 5.41) is 3.64. The number of aromatic amines is 1. The molecule has 0 radical (unpaired) electrons. The second-order valence-corrected chi connectivity index (χ2v) is 5.10. The van der Waals surface area contributed by atoms with Crippen LogP contribution in [0.25, 0.3) is 10.9 Å². The average Bonchev–Trinajstić information content (AvgIpc) is 3.00.